The molecule has 1 aromatic heterocycles. The standard InChI is InChI=1S/C14H24N2O3S2/c1-3-9-15-10-11-7-8-14(19-11)21(17,18)16-12-5-4-6-13(12)20-2/h7-8,12-13,15-16H,3-6,9-10H2,1-2H3. The van der Waals surface area contributed by atoms with E-state index in [-0.39, 0.29) is 11.1 Å². The average molecular weight is 332 g/mol. The van der Waals surface area contributed by atoms with Crippen LogP contribution in [0, 0.1) is 0 Å². The van der Waals surface area contributed by atoms with E-state index in [1.54, 1.807) is 17.8 Å². The maximum Gasteiger partial charge on any atom is 0.274 e. The maximum atomic E-state index is 12.4. The molecule has 0 radical (unpaired) electrons. The lowest BCUT2D eigenvalue weighted by molar-refractivity contribution is 0.398. The van der Waals surface area contributed by atoms with Gasteiger partial charge in [-0.1, -0.05) is 13.3 Å². The molecule has 0 aliphatic heterocycles. The molecule has 2 unspecified atom stereocenters. The Labute approximate surface area is 131 Å². The van der Waals surface area contributed by atoms with Crippen LogP contribution >= 0.6 is 11.8 Å². The van der Waals surface area contributed by atoms with Crippen LogP contribution in [0.4, 0.5) is 0 Å². The van der Waals surface area contributed by atoms with Gasteiger partial charge in [0.25, 0.3) is 10.0 Å². The smallest absolute Gasteiger partial charge is 0.274 e. The molecule has 1 fully saturated rings. The normalized spacial score (nSPS) is 22.8. The second-order valence-corrected chi connectivity index (χ2v) is 8.05. The van der Waals surface area contributed by atoms with Crippen LogP contribution in [0.1, 0.15) is 38.4 Å². The summed E-state index contributed by atoms with van der Waals surface area (Å²) < 4.78 is 33.0. The zero-order valence-corrected chi connectivity index (χ0v) is 14.2. The SMILES string of the molecule is CCCNCc1ccc(S(=O)(=O)NC2CCCC2SC)o1. The molecule has 0 spiro atoms. The van der Waals surface area contributed by atoms with Crippen molar-refractivity contribution in [2.45, 2.75) is 55.5 Å². The van der Waals surface area contributed by atoms with Gasteiger partial charge < -0.3 is 9.73 Å². The Balaban J connectivity index is 1.99. The lowest BCUT2D eigenvalue weighted by Gasteiger charge is -2.18. The Kier molecular flexibility index (Phi) is 6.16. The molecular weight excluding hydrogens is 308 g/mol. The van der Waals surface area contributed by atoms with Crippen molar-refractivity contribution in [1.29, 1.82) is 0 Å². The number of rotatable bonds is 8. The largest absolute Gasteiger partial charge is 0.447 e. The Morgan fingerprint density at radius 3 is 2.90 bits per heavy atom. The summed E-state index contributed by atoms with van der Waals surface area (Å²) in [7, 11) is -3.55. The molecule has 1 aliphatic carbocycles. The summed E-state index contributed by atoms with van der Waals surface area (Å²) >= 11 is 1.73. The quantitative estimate of drug-likeness (QED) is 0.715. The predicted molar refractivity (Wildman–Crippen MR) is 86.0 cm³/mol. The lowest BCUT2D eigenvalue weighted by Crippen LogP contribution is -2.38. The number of hydrogen-bond acceptors (Lipinski definition) is 5. The van der Waals surface area contributed by atoms with Crippen molar-refractivity contribution < 1.29 is 12.8 Å². The van der Waals surface area contributed by atoms with Crippen LogP contribution in [0.2, 0.25) is 0 Å². The minimum Gasteiger partial charge on any atom is -0.447 e. The molecule has 1 saturated carbocycles. The topological polar surface area (TPSA) is 71.3 Å². The van der Waals surface area contributed by atoms with Gasteiger partial charge in [0.15, 0.2) is 0 Å². The number of hydrogen-bond donors (Lipinski definition) is 2. The third kappa shape index (κ3) is 4.48. The summed E-state index contributed by atoms with van der Waals surface area (Å²) in [6.45, 7) is 3.53. The first-order valence-corrected chi connectivity index (χ1v) is 10.2. The molecule has 2 atom stereocenters. The highest BCUT2D eigenvalue weighted by molar-refractivity contribution is 7.99. The summed E-state index contributed by atoms with van der Waals surface area (Å²) in [5, 5.41) is 3.57. The number of furan rings is 1. The molecule has 0 saturated heterocycles. The van der Waals surface area contributed by atoms with E-state index in [2.05, 4.69) is 17.0 Å². The van der Waals surface area contributed by atoms with E-state index in [0.717, 1.165) is 32.2 Å². The van der Waals surface area contributed by atoms with Crippen LogP contribution < -0.4 is 10.0 Å². The van der Waals surface area contributed by atoms with E-state index in [4.69, 9.17) is 4.42 Å². The molecular formula is C14H24N2O3S2. The van der Waals surface area contributed by atoms with Gasteiger partial charge in [-0.3, -0.25) is 0 Å². The molecule has 120 valence electrons. The number of sulfonamides is 1. The summed E-state index contributed by atoms with van der Waals surface area (Å²) in [6, 6.07) is 3.27. The number of nitrogens with one attached hydrogen (secondary N) is 2. The third-order valence-corrected chi connectivity index (χ3v) is 6.22. The van der Waals surface area contributed by atoms with E-state index in [9.17, 15) is 8.42 Å². The molecule has 0 aromatic carbocycles. The maximum absolute atomic E-state index is 12.4. The van der Waals surface area contributed by atoms with Gasteiger partial charge in [-0.15, -0.1) is 0 Å². The Bertz CT molecular complexity index is 542. The lowest BCUT2D eigenvalue weighted by atomic mass is 10.3. The Morgan fingerprint density at radius 2 is 2.19 bits per heavy atom. The molecule has 1 aromatic rings. The summed E-state index contributed by atoms with van der Waals surface area (Å²) in [5.74, 6) is 0.650. The van der Waals surface area contributed by atoms with Crippen LogP contribution in [-0.4, -0.2) is 32.5 Å². The van der Waals surface area contributed by atoms with E-state index < -0.39 is 10.0 Å². The second-order valence-electron chi connectivity index (χ2n) is 5.33. The minimum absolute atomic E-state index is 0.0109. The molecule has 0 bridgehead atoms. The minimum atomic E-state index is -3.55. The molecule has 2 rings (SSSR count). The zero-order chi connectivity index (χ0) is 15.3. The predicted octanol–water partition coefficient (Wildman–Crippen LogP) is 2.34. The van der Waals surface area contributed by atoms with Gasteiger partial charge in [-0.25, -0.2) is 13.1 Å². The summed E-state index contributed by atoms with van der Waals surface area (Å²) in [6.07, 6.45) is 6.10. The Hall–Kier alpha value is -0.500. The fourth-order valence-electron chi connectivity index (χ4n) is 2.59. The fourth-order valence-corrected chi connectivity index (χ4v) is 4.87. The van der Waals surface area contributed by atoms with Crippen molar-refractivity contribution in [3.8, 4) is 0 Å². The third-order valence-electron chi connectivity index (χ3n) is 3.69. The van der Waals surface area contributed by atoms with Crippen LogP contribution in [0.25, 0.3) is 0 Å². The van der Waals surface area contributed by atoms with Crippen LogP contribution in [0.3, 0.4) is 0 Å². The van der Waals surface area contributed by atoms with Crippen LogP contribution in [0.15, 0.2) is 21.6 Å². The van der Waals surface area contributed by atoms with Crippen LogP contribution in [0.5, 0.6) is 0 Å². The van der Waals surface area contributed by atoms with Crippen molar-refractivity contribution in [3.05, 3.63) is 17.9 Å². The molecule has 7 heteroatoms. The molecule has 1 heterocycles. The van der Waals surface area contributed by atoms with Gasteiger partial charge in [-0.05, 0) is 44.2 Å². The number of thioether (sulfide) groups is 1. The molecule has 1 aliphatic rings. The fraction of sp³-hybridized carbons (Fsp3) is 0.714. The summed E-state index contributed by atoms with van der Waals surface area (Å²) in [4.78, 5) is 0. The van der Waals surface area contributed by atoms with E-state index in [0.29, 0.717) is 17.6 Å². The molecule has 5 nitrogen and oxygen atoms in total. The van der Waals surface area contributed by atoms with Gasteiger partial charge in [0, 0.05) is 11.3 Å². The highest BCUT2D eigenvalue weighted by atomic mass is 32.2. The van der Waals surface area contributed by atoms with E-state index >= 15 is 0 Å². The van der Waals surface area contributed by atoms with E-state index in [1.165, 1.54) is 6.07 Å². The molecule has 0 amide bonds. The van der Waals surface area contributed by atoms with Gasteiger partial charge in [-0.2, -0.15) is 11.8 Å². The summed E-state index contributed by atoms with van der Waals surface area (Å²) in [5.41, 5.74) is 0. The first kappa shape index (κ1) is 16.9. The zero-order valence-electron chi connectivity index (χ0n) is 12.6. The van der Waals surface area contributed by atoms with Crippen LogP contribution in [-0.2, 0) is 16.6 Å². The van der Waals surface area contributed by atoms with Gasteiger partial charge in [0.05, 0.1) is 6.54 Å². The van der Waals surface area contributed by atoms with Gasteiger partial charge in [0.1, 0.15) is 5.76 Å². The average Bonchev–Trinajstić information content (AvgIpc) is 3.08. The van der Waals surface area contributed by atoms with E-state index in [1.807, 2.05) is 6.26 Å². The van der Waals surface area contributed by atoms with Crippen molar-refractivity contribution >= 4 is 21.8 Å². The van der Waals surface area contributed by atoms with Crippen molar-refractivity contribution in [1.82, 2.24) is 10.0 Å². The molecule has 21 heavy (non-hydrogen) atoms. The first-order chi connectivity index (χ1) is 10.1. The highest BCUT2D eigenvalue weighted by Gasteiger charge is 2.31. The second kappa shape index (κ2) is 7.67. The van der Waals surface area contributed by atoms with Crippen molar-refractivity contribution in [2.24, 2.45) is 0 Å². The Morgan fingerprint density at radius 1 is 1.38 bits per heavy atom. The van der Waals surface area contributed by atoms with Crippen molar-refractivity contribution in [3.63, 3.8) is 0 Å². The van der Waals surface area contributed by atoms with Gasteiger partial charge >= 0.3 is 0 Å². The highest BCUT2D eigenvalue weighted by Crippen LogP contribution is 2.29. The monoisotopic (exact) mass is 332 g/mol. The van der Waals surface area contributed by atoms with Gasteiger partial charge in [0.2, 0.25) is 5.09 Å². The molecule has 2 N–H and O–H groups in total. The van der Waals surface area contributed by atoms with Crippen molar-refractivity contribution in [2.75, 3.05) is 12.8 Å². The first-order valence-electron chi connectivity index (χ1n) is 7.41.